The Bertz CT molecular complexity index is 698. The van der Waals surface area contributed by atoms with E-state index in [1.165, 1.54) is 5.56 Å². The summed E-state index contributed by atoms with van der Waals surface area (Å²) in [5.74, 6) is 1.94. The molecule has 1 fully saturated rings. The standard InChI is InChI=1S/C18H24N4O2/c1-3-5-15-11-16(21-24-15)18(23)22-9-4-6-14(12-22)13-7-8-20-17(10-13)19-2/h7-8,10-11,14H,3-6,9,12H2,1-2H3,(H,19,20)/t14-/m0/s1. The van der Waals surface area contributed by atoms with Gasteiger partial charge in [0.05, 0.1) is 0 Å². The summed E-state index contributed by atoms with van der Waals surface area (Å²) in [6.07, 6.45) is 5.68. The van der Waals surface area contributed by atoms with E-state index in [1.54, 1.807) is 6.07 Å². The number of nitrogens with zero attached hydrogens (tertiary/aromatic N) is 3. The molecule has 0 bridgehead atoms. The average molecular weight is 328 g/mol. The van der Waals surface area contributed by atoms with Crippen molar-refractivity contribution in [1.29, 1.82) is 0 Å². The molecule has 128 valence electrons. The second-order valence-electron chi connectivity index (χ2n) is 6.24. The van der Waals surface area contributed by atoms with Gasteiger partial charge in [0.15, 0.2) is 5.69 Å². The molecule has 3 rings (SSSR count). The molecule has 1 atom stereocenters. The molecular weight excluding hydrogens is 304 g/mol. The van der Waals surface area contributed by atoms with Gasteiger partial charge in [-0.15, -0.1) is 0 Å². The molecule has 0 spiro atoms. The summed E-state index contributed by atoms with van der Waals surface area (Å²) in [4.78, 5) is 18.8. The van der Waals surface area contributed by atoms with Gasteiger partial charge < -0.3 is 14.7 Å². The van der Waals surface area contributed by atoms with Crippen LogP contribution < -0.4 is 5.32 Å². The van der Waals surface area contributed by atoms with Gasteiger partial charge in [-0.1, -0.05) is 12.1 Å². The Morgan fingerprint density at radius 3 is 3.12 bits per heavy atom. The summed E-state index contributed by atoms with van der Waals surface area (Å²) in [7, 11) is 1.86. The van der Waals surface area contributed by atoms with Crippen LogP contribution >= 0.6 is 0 Å². The Kier molecular flexibility index (Phi) is 5.13. The average Bonchev–Trinajstić information content (AvgIpc) is 3.10. The quantitative estimate of drug-likeness (QED) is 0.913. The van der Waals surface area contributed by atoms with Crippen molar-refractivity contribution in [2.45, 2.75) is 38.5 Å². The molecule has 2 aromatic rings. The molecular formula is C18H24N4O2. The number of amides is 1. The lowest BCUT2D eigenvalue weighted by Crippen LogP contribution is -2.39. The van der Waals surface area contributed by atoms with Gasteiger partial charge in [-0.3, -0.25) is 4.79 Å². The Balaban J connectivity index is 1.71. The van der Waals surface area contributed by atoms with E-state index in [2.05, 4.69) is 28.4 Å². The highest BCUT2D eigenvalue weighted by Crippen LogP contribution is 2.28. The fraction of sp³-hybridized carbons (Fsp3) is 0.500. The maximum absolute atomic E-state index is 12.7. The Labute approximate surface area is 142 Å². The van der Waals surface area contributed by atoms with Crippen LogP contribution in [0.4, 0.5) is 5.82 Å². The molecule has 1 aliphatic rings. The molecule has 1 amide bonds. The van der Waals surface area contributed by atoms with Crippen molar-refractivity contribution in [1.82, 2.24) is 15.0 Å². The summed E-state index contributed by atoms with van der Waals surface area (Å²) in [5.41, 5.74) is 1.64. The van der Waals surface area contributed by atoms with Gasteiger partial charge in [-0.2, -0.15) is 0 Å². The van der Waals surface area contributed by atoms with Crippen LogP contribution in [0.1, 0.15) is 53.9 Å². The highest BCUT2D eigenvalue weighted by atomic mass is 16.5. The zero-order valence-electron chi connectivity index (χ0n) is 14.3. The molecule has 24 heavy (non-hydrogen) atoms. The Morgan fingerprint density at radius 2 is 2.33 bits per heavy atom. The lowest BCUT2D eigenvalue weighted by molar-refractivity contribution is 0.0696. The number of nitrogens with one attached hydrogen (secondary N) is 1. The van der Waals surface area contributed by atoms with E-state index >= 15 is 0 Å². The van der Waals surface area contributed by atoms with E-state index < -0.39 is 0 Å². The van der Waals surface area contributed by atoms with Crippen LogP contribution in [0.3, 0.4) is 0 Å². The smallest absolute Gasteiger partial charge is 0.276 e. The molecule has 0 radical (unpaired) electrons. The number of likely N-dealkylation sites (tertiary alicyclic amines) is 1. The number of carbonyl (C=O) groups is 1. The number of aromatic nitrogens is 2. The first-order valence-corrected chi connectivity index (χ1v) is 8.59. The number of carbonyl (C=O) groups excluding carboxylic acids is 1. The molecule has 2 aromatic heterocycles. The second kappa shape index (κ2) is 7.47. The number of anilines is 1. The van der Waals surface area contributed by atoms with Gasteiger partial charge in [-0.05, 0) is 37.0 Å². The zero-order valence-corrected chi connectivity index (χ0v) is 14.3. The number of hydrogen-bond acceptors (Lipinski definition) is 5. The third-order valence-electron chi connectivity index (χ3n) is 4.49. The van der Waals surface area contributed by atoms with Crippen molar-refractivity contribution in [2.75, 3.05) is 25.5 Å². The van der Waals surface area contributed by atoms with E-state index in [1.807, 2.05) is 24.2 Å². The minimum absolute atomic E-state index is 0.0336. The van der Waals surface area contributed by atoms with Crippen molar-refractivity contribution < 1.29 is 9.32 Å². The molecule has 0 unspecified atom stereocenters. The molecule has 3 heterocycles. The maximum atomic E-state index is 12.7. The second-order valence-corrected chi connectivity index (χ2v) is 6.24. The zero-order chi connectivity index (χ0) is 16.9. The number of hydrogen-bond donors (Lipinski definition) is 1. The molecule has 1 aliphatic heterocycles. The number of rotatable bonds is 5. The first kappa shape index (κ1) is 16.5. The Morgan fingerprint density at radius 1 is 1.46 bits per heavy atom. The van der Waals surface area contributed by atoms with Crippen molar-refractivity contribution in [3.8, 4) is 0 Å². The van der Waals surface area contributed by atoms with Crippen LogP contribution in [0.15, 0.2) is 28.9 Å². The van der Waals surface area contributed by atoms with E-state index in [0.717, 1.165) is 43.8 Å². The first-order valence-electron chi connectivity index (χ1n) is 8.59. The fourth-order valence-corrected chi connectivity index (χ4v) is 3.21. The number of piperidine rings is 1. The van der Waals surface area contributed by atoms with Crippen LogP contribution in [0.5, 0.6) is 0 Å². The summed E-state index contributed by atoms with van der Waals surface area (Å²) in [6.45, 7) is 3.56. The van der Waals surface area contributed by atoms with Crippen LogP contribution in [-0.2, 0) is 6.42 Å². The van der Waals surface area contributed by atoms with E-state index in [9.17, 15) is 4.79 Å². The minimum atomic E-state index is -0.0336. The van der Waals surface area contributed by atoms with E-state index in [0.29, 0.717) is 18.2 Å². The normalized spacial score (nSPS) is 17.8. The van der Waals surface area contributed by atoms with Crippen LogP contribution in [-0.4, -0.2) is 41.1 Å². The summed E-state index contributed by atoms with van der Waals surface area (Å²) in [5, 5.41) is 7.02. The predicted molar refractivity (Wildman–Crippen MR) is 92.2 cm³/mol. The van der Waals surface area contributed by atoms with Gasteiger partial charge >= 0.3 is 0 Å². The van der Waals surface area contributed by atoms with Gasteiger partial charge in [0, 0.05) is 44.7 Å². The van der Waals surface area contributed by atoms with Crippen LogP contribution in [0, 0.1) is 0 Å². The lowest BCUT2D eigenvalue weighted by atomic mass is 9.91. The fourth-order valence-electron chi connectivity index (χ4n) is 3.21. The molecule has 6 heteroatoms. The molecule has 1 saturated heterocycles. The van der Waals surface area contributed by atoms with Crippen LogP contribution in [0.25, 0.3) is 0 Å². The minimum Gasteiger partial charge on any atom is -0.373 e. The summed E-state index contributed by atoms with van der Waals surface area (Å²) < 4.78 is 5.24. The summed E-state index contributed by atoms with van der Waals surface area (Å²) >= 11 is 0. The SMILES string of the molecule is CCCc1cc(C(=O)N2CCC[C@H](c3ccnc(NC)c3)C2)no1. The van der Waals surface area contributed by atoms with E-state index in [4.69, 9.17) is 4.52 Å². The van der Waals surface area contributed by atoms with Crippen molar-refractivity contribution in [2.24, 2.45) is 0 Å². The Hall–Kier alpha value is -2.37. The largest absolute Gasteiger partial charge is 0.373 e. The highest BCUT2D eigenvalue weighted by molar-refractivity contribution is 5.92. The molecule has 0 aromatic carbocycles. The van der Waals surface area contributed by atoms with Crippen molar-refractivity contribution >= 4 is 11.7 Å². The van der Waals surface area contributed by atoms with Gasteiger partial charge in [0.2, 0.25) is 0 Å². The monoisotopic (exact) mass is 328 g/mol. The third-order valence-corrected chi connectivity index (χ3v) is 4.49. The maximum Gasteiger partial charge on any atom is 0.276 e. The highest BCUT2D eigenvalue weighted by Gasteiger charge is 2.27. The van der Waals surface area contributed by atoms with Crippen LogP contribution in [0.2, 0.25) is 0 Å². The van der Waals surface area contributed by atoms with Gasteiger partial charge in [0.25, 0.3) is 5.91 Å². The van der Waals surface area contributed by atoms with Crippen molar-refractivity contribution in [3.63, 3.8) is 0 Å². The molecule has 6 nitrogen and oxygen atoms in total. The third kappa shape index (κ3) is 3.58. The van der Waals surface area contributed by atoms with Crippen molar-refractivity contribution in [3.05, 3.63) is 41.4 Å². The lowest BCUT2D eigenvalue weighted by Gasteiger charge is -2.32. The molecule has 0 aliphatic carbocycles. The number of aryl methyl sites for hydroxylation is 1. The molecule has 1 N–H and O–H groups in total. The molecule has 0 saturated carbocycles. The predicted octanol–water partition coefficient (Wildman–Crippen LogP) is 3.08. The van der Waals surface area contributed by atoms with Gasteiger partial charge in [-0.25, -0.2) is 4.98 Å². The number of pyridine rings is 1. The topological polar surface area (TPSA) is 71.3 Å². The first-order chi connectivity index (χ1) is 11.7. The summed E-state index contributed by atoms with van der Waals surface area (Å²) in [6, 6.07) is 5.88. The van der Waals surface area contributed by atoms with Gasteiger partial charge in [0.1, 0.15) is 11.6 Å². The van der Waals surface area contributed by atoms with E-state index in [-0.39, 0.29) is 5.91 Å².